The van der Waals surface area contributed by atoms with Gasteiger partial charge >= 0.3 is 0 Å². The number of pyridine rings is 3. The molecule has 1 amide bonds. The van der Waals surface area contributed by atoms with Crippen LogP contribution in [0.2, 0.25) is 0 Å². The van der Waals surface area contributed by atoms with E-state index in [1.807, 2.05) is 24.4 Å². The molecular weight excluding hydrogens is 382 g/mol. The van der Waals surface area contributed by atoms with Crippen LogP contribution in [-0.2, 0) is 11.8 Å². The summed E-state index contributed by atoms with van der Waals surface area (Å²) in [6.07, 6.45) is 6.39. The average molecular weight is 401 g/mol. The van der Waals surface area contributed by atoms with Crippen LogP contribution >= 0.6 is 0 Å². The summed E-state index contributed by atoms with van der Waals surface area (Å²) in [4.78, 5) is 35.9. The number of H-pyrrole nitrogens is 1. The lowest BCUT2D eigenvalue weighted by molar-refractivity contribution is -0.111. The summed E-state index contributed by atoms with van der Waals surface area (Å²) in [6.45, 7) is 3.44. The smallest absolute Gasteiger partial charge is 0.252 e. The van der Waals surface area contributed by atoms with E-state index in [1.54, 1.807) is 32.6 Å². The van der Waals surface area contributed by atoms with Crippen molar-refractivity contribution < 1.29 is 9.53 Å². The first-order valence-electron chi connectivity index (χ1n) is 9.12. The zero-order valence-corrected chi connectivity index (χ0v) is 16.5. The van der Waals surface area contributed by atoms with Gasteiger partial charge in [0, 0.05) is 54.3 Å². The van der Waals surface area contributed by atoms with Gasteiger partial charge in [0.05, 0.1) is 7.11 Å². The number of aromatic nitrogens is 4. The Bertz CT molecular complexity index is 1340. The summed E-state index contributed by atoms with van der Waals surface area (Å²) in [6, 6.07) is 8.92. The molecule has 0 aromatic carbocycles. The number of methoxy groups -OCH3 is 1. The van der Waals surface area contributed by atoms with E-state index < -0.39 is 5.91 Å². The zero-order chi connectivity index (χ0) is 21.3. The minimum atomic E-state index is -0.393. The molecule has 0 aliphatic heterocycles. The Labute approximate surface area is 171 Å². The van der Waals surface area contributed by atoms with Crippen LogP contribution in [0.15, 0.2) is 66.4 Å². The van der Waals surface area contributed by atoms with Crippen molar-refractivity contribution >= 4 is 22.8 Å². The van der Waals surface area contributed by atoms with Gasteiger partial charge < -0.3 is 15.0 Å². The molecule has 150 valence electrons. The second-order valence-corrected chi connectivity index (χ2v) is 6.63. The molecule has 8 nitrogen and oxygen atoms in total. The van der Waals surface area contributed by atoms with Crippen molar-refractivity contribution in [3.8, 4) is 28.1 Å². The molecule has 2 N–H and O–H groups in total. The third-order valence-electron chi connectivity index (χ3n) is 4.82. The number of hydrogen-bond acceptors (Lipinski definition) is 5. The molecule has 0 spiro atoms. The fourth-order valence-electron chi connectivity index (χ4n) is 3.19. The lowest BCUT2D eigenvalue weighted by Gasteiger charge is -2.11. The monoisotopic (exact) mass is 401 g/mol. The number of carbonyl (C=O) groups excluding carboxylic acids is 1. The molecule has 4 heterocycles. The molecule has 0 fully saturated rings. The molecule has 0 unspecified atom stereocenters. The highest BCUT2D eigenvalue weighted by Crippen LogP contribution is 2.32. The largest absolute Gasteiger partial charge is 0.481 e. The summed E-state index contributed by atoms with van der Waals surface area (Å²) in [5, 5.41) is 3.54. The maximum atomic E-state index is 12.4. The number of anilines is 1. The van der Waals surface area contributed by atoms with E-state index >= 15 is 0 Å². The number of carbonyl (C=O) groups is 1. The van der Waals surface area contributed by atoms with Crippen molar-refractivity contribution in [3.05, 3.63) is 71.9 Å². The van der Waals surface area contributed by atoms with Gasteiger partial charge in [-0.25, -0.2) is 9.97 Å². The lowest BCUT2D eigenvalue weighted by Crippen LogP contribution is -2.22. The number of nitrogens with zero attached hydrogens (tertiary/aromatic N) is 3. The van der Waals surface area contributed by atoms with Crippen LogP contribution in [-0.4, -0.2) is 32.5 Å². The second-order valence-electron chi connectivity index (χ2n) is 6.63. The van der Waals surface area contributed by atoms with Crippen molar-refractivity contribution in [1.29, 1.82) is 0 Å². The molecule has 0 aliphatic rings. The van der Waals surface area contributed by atoms with Crippen molar-refractivity contribution in [2.45, 2.75) is 0 Å². The molecule has 4 rings (SSSR count). The maximum Gasteiger partial charge on any atom is 0.252 e. The van der Waals surface area contributed by atoms with E-state index in [4.69, 9.17) is 4.74 Å². The maximum absolute atomic E-state index is 12.4. The first-order valence-corrected chi connectivity index (χ1v) is 9.12. The Kier molecular flexibility index (Phi) is 4.89. The highest BCUT2D eigenvalue weighted by Gasteiger charge is 2.12. The van der Waals surface area contributed by atoms with Crippen LogP contribution in [0.3, 0.4) is 0 Å². The van der Waals surface area contributed by atoms with Gasteiger partial charge in [0.1, 0.15) is 11.5 Å². The van der Waals surface area contributed by atoms with E-state index in [1.165, 1.54) is 10.6 Å². The highest BCUT2D eigenvalue weighted by atomic mass is 16.5. The van der Waals surface area contributed by atoms with Crippen molar-refractivity contribution in [2.24, 2.45) is 7.05 Å². The highest BCUT2D eigenvalue weighted by molar-refractivity contribution is 5.99. The fourth-order valence-corrected chi connectivity index (χ4v) is 3.19. The number of nitrogens with one attached hydrogen (secondary N) is 2. The van der Waals surface area contributed by atoms with Crippen LogP contribution in [0.5, 0.6) is 5.88 Å². The third kappa shape index (κ3) is 3.46. The zero-order valence-electron chi connectivity index (χ0n) is 16.5. The number of hydrogen-bond donors (Lipinski definition) is 2. The molecule has 0 saturated carbocycles. The van der Waals surface area contributed by atoms with Crippen molar-refractivity contribution in [3.63, 3.8) is 0 Å². The molecule has 0 saturated heterocycles. The minimum absolute atomic E-state index is 0.250. The average Bonchev–Trinajstić information content (AvgIpc) is 3.20. The fraction of sp³-hybridized carbons (Fsp3) is 0.0909. The van der Waals surface area contributed by atoms with Gasteiger partial charge in [-0.3, -0.25) is 14.2 Å². The first-order chi connectivity index (χ1) is 14.5. The van der Waals surface area contributed by atoms with Gasteiger partial charge in [-0.15, -0.1) is 0 Å². The van der Waals surface area contributed by atoms with Crippen LogP contribution < -0.4 is 15.6 Å². The topological polar surface area (TPSA) is 102 Å². The SMILES string of the molecule is C=CC(=O)Nc1cc(-c2cnc3[nH]cc(-c4ccnc(OC)c4)c3c2)cc(=O)n1C. The summed E-state index contributed by atoms with van der Waals surface area (Å²) in [7, 11) is 3.16. The summed E-state index contributed by atoms with van der Waals surface area (Å²) < 4.78 is 6.58. The molecule has 4 aromatic rings. The Balaban J connectivity index is 1.83. The molecule has 0 aliphatic carbocycles. The van der Waals surface area contributed by atoms with Crippen LogP contribution in [0.1, 0.15) is 0 Å². The molecule has 8 heteroatoms. The van der Waals surface area contributed by atoms with E-state index in [9.17, 15) is 9.59 Å². The summed E-state index contributed by atoms with van der Waals surface area (Å²) in [5.74, 6) is 0.492. The van der Waals surface area contributed by atoms with E-state index in [2.05, 4.69) is 26.8 Å². The Hall–Kier alpha value is -4.20. The molecule has 0 bridgehead atoms. The lowest BCUT2D eigenvalue weighted by atomic mass is 10.0. The van der Waals surface area contributed by atoms with Gasteiger partial charge in [-0.05, 0) is 35.4 Å². The second kappa shape index (κ2) is 7.67. The van der Waals surface area contributed by atoms with Crippen molar-refractivity contribution in [1.82, 2.24) is 19.5 Å². The number of amides is 1. The summed E-state index contributed by atoms with van der Waals surface area (Å²) in [5.41, 5.74) is 3.72. The Morgan fingerprint density at radius 3 is 2.80 bits per heavy atom. The number of aromatic amines is 1. The van der Waals surface area contributed by atoms with Crippen molar-refractivity contribution in [2.75, 3.05) is 12.4 Å². The van der Waals surface area contributed by atoms with E-state index in [0.717, 1.165) is 28.2 Å². The summed E-state index contributed by atoms with van der Waals surface area (Å²) >= 11 is 0. The number of rotatable bonds is 5. The van der Waals surface area contributed by atoms with Crippen LogP contribution in [0, 0.1) is 0 Å². The molecule has 0 atom stereocenters. The Morgan fingerprint density at radius 2 is 2.03 bits per heavy atom. The molecule has 4 aromatic heterocycles. The van der Waals surface area contributed by atoms with Crippen LogP contribution in [0.25, 0.3) is 33.3 Å². The molecule has 0 radical (unpaired) electrons. The van der Waals surface area contributed by atoms with Gasteiger partial charge in [-0.1, -0.05) is 6.58 Å². The van der Waals surface area contributed by atoms with Crippen LogP contribution in [0.4, 0.5) is 5.82 Å². The Morgan fingerprint density at radius 1 is 1.20 bits per heavy atom. The number of ether oxygens (including phenoxy) is 1. The predicted molar refractivity (Wildman–Crippen MR) is 115 cm³/mol. The molecule has 30 heavy (non-hydrogen) atoms. The normalized spacial score (nSPS) is 10.7. The quantitative estimate of drug-likeness (QED) is 0.500. The molecular formula is C22H19N5O3. The van der Waals surface area contributed by atoms with Gasteiger partial charge in [0.2, 0.25) is 11.8 Å². The van der Waals surface area contributed by atoms with E-state index in [-0.39, 0.29) is 5.56 Å². The predicted octanol–water partition coefficient (Wildman–Crippen LogP) is 3.12. The van der Waals surface area contributed by atoms with Gasteiger partial charge in [-0.2, -0.15) is 0 Å². The first kappa shape index (κ1) is 19.1. The number of fused-ring (bicyclic) bond motifs is 1. The standard InChI is InChI=1S/C22H19N5O3/c1-4-19(28)26-18-8-14(10-21(29)27(18)2)15-7-16-17(12-25-22(16)24-11-15)13-5-6-23-20(9-13)30-3/h4-12H,1H2,2-3H3,(H,24,25)(H,26,28). The van der Waals surface area contributed by atoms with Gasteiger partial charge in [0.25, 0.3) is 5.56 Å². The minimum Gasteiger partial charge on any atom is -0.481 e. The van der Waals surface area contributed by atoms with Gasteiger partial charge in [0.15, 0.2) is 0 Å². The third-order valence-corrected chi connectivity index (χ3v) is 4.82. The van der Waals surface area contributed by atoms with E-state index in [0.29, 0.717) is 22.9 Å².